The lowest BCUT2D eigenvalue weighted by Crippen LogP contribution is -2.25. The van der Waals surface area contributed by atoms with Gasteiger partial charge in [0.05, 0.1) is 6.67 Å². The summed E-state index contributed by atoms with van der Waals surface area (Å²) in [6, 6.07) is 0. The monoisotopic (exact) mass is 294 g/mol. The maximum absolute atomic E-state index is 12.0. The number of alkyl halides is 1. The number of rotatable bonds is 7. The van der Waals surface area contributed by atoms with Gasteiger partial charge < -0.3 is 0 Å². The molecule has 0 aliphatic heterocycles. The summed E-state index contributed by atoms with van der Waals surface area (Å²) in [5.41, 5.74) is 0. The molecular weight excluding hydrogens is 259 g/mol. The van der Waals surface area contributed by atoms with Gasteiger partial charge in [0, 0.05) is 0 Å². The van der Waals surface area contributed by atoms with E-state index in [0.717, 1.165) is 30.1 Å². The minimum absolute atomic E-state index is 0.171. The Balaban J connectivity index is 1.61. The molecule has 2 fully saturated rings. The van der Waals surface area contributed by atoms with Crippen LogP contribution < -0.4 is 0 Å². The van der Waals surface area contributed by atoms with E-state index in [4.69, 9.17) is 0 Å². The smallest absolute Gasteiger partial charge is 0.0897 e. The Labute approximate surface area is 131 Å². The fourth-order valence-electron chi connectivity index (χ4n) is 4.56. The van der Waals surface area contributed by atoms with Crippen LogP contribution in [0.4, 0.5) is 4.39 Å². The van der Waals surface area contributed by atoms with E-state index in [1.165, 1.54) is 64.2 Å². The van der Waals surface area contributed by atoms with Crippen LogP contribution in [0.1, 0.15) is 84.0 Å². The Morgan fingerprint density at radius 1 is 0.810 bits per heavy atom. The summed E-state index contributed by atoms with van der Waals surface area (Å²) in [4.78, 5) is 0. The Morgan fingerprint density at radius 3 is 1.90 bits per heavy atom. The molecule has 0 bridgehead atoms. The summed E-state index contributed by atoms with van der Waals surface area (Å²) >= 11 is 0. The van der Waals surface area contributed by atoms with E-state index in [1.54, 1.807) is 0 Å². The van der Waals surface area contributed by atoms with Gasteiger partial charge in [-0.05, 0) is 81.5 Å². The summed E-state index contributed by atoms with van der Waals surface area (Å²) in [5.74, 6) is 4.03. The molecule has 2 aliphatic rings. The molecule has 0 aromatic rings. The van der Waals surface area contributed by atoms with Crippen molar-refractivity contribution in [1.29, 1.82) is 0 Å². The number of hydrogen-bond donors (Lipinski definition) is 0. The molecule has 1 heteroatoms. The van der Waals surface area contributed by atoms with E-state index in [9.17, 15) is 4.39 Å². The number of unbranched alkanes of at least 4 members (excludes halogenated alkanes) is 1. The topological polar surface area (TPSA) is 0 Å². The van der Waals surface area contributed by atoms with E-state index in [2.05, 4.69) is 19.1 Å². The molecule has 0 atom stereocenters. The maximum atomic E-state index is 12.0. The van der Waals surface area contributed by atoms with Gasteiger partial charge in [-0.3, -0.25) is 4.39 Å². The first-order valence-electron chi connectivity index (χ1n) is 9.54. The lowest BCUT2D eigenvalue weighted by atomic mass is 9.68. The molecule has 2 saturated carbocycles. The van der Waals surface area contributed by atoms with E-state index in [0.29, 0.717) is 6.42 Å². The fourth-order valence-corrected chi connectivity index (χ4v) is 4.56. The molecular formula is C20H35F. The van der Waals surface area contributed by atoms with Crippen molar-refractivity contribution >= 4 is 0 Å². The molecule has 0 amide bonds. The van der Waals surface area contributed by atoms with Gasteiger partial charge in [0.25, 0.3) is 0 Å². The highest BCUT2D eigenvalue weighted by Crippen LogP contribution is 2.42. The van der Waals surface area contributed by atoms with Crippen LogP contribution in [0.3, 0.4) is 0 Å². The van der Waals surface area contributed by atoms with Gasteiger partial charge in [0.15, 0.2) is 0 Å². The van der Waals surface area contributed by atoms with Crippen molar-refractivity contribution in [3.63, 3.8) is 0 Å². The molecule has 2 aliphatic carbocycles. The van der Waals surface area contributed by atoms with Gasteiger partial charge in [-0.1, -0.05) is 38.3 Å². The first-order chi connectivity index (χ1) is 10.3. The van der Waals surface area contributed by atoms with Crippen LogP contribution in [0.2, 0.25) is 0 Å². The molecule has 0 spiro atoms. The lowest BCUT2D eigenvalue weighted by Gasteiger charge is -2.37. The molecule has 0 aromatic heterocycles. The van der Waals surface area contributed by atoms with Crippen molar-refractivity contribution in [3.8, 4) is 0 Å². The number of allylic oxidation sites excluding steroid dienone is 2. The number of hydrogen-bond acceptors (Lipinski definition) is 0. The van der Waals surface area contributed by atoms with Crippen molar-refractivity contribution in [2.24, 2.45) is 23.7 Å². The molecule has 0 radical (unpaired) electrons. The molecule has 0 aromatic carbocycles. The van der Waals surface area contributed by atoms with Crippen molar-refractivity contribution in [2.75, 3.05) is 6.67 Å². The summed E-state index contributed by atoms with van der Waals surface area (Å²) in [5, 5.41) is 0. The quantitative estimate of drug-likeness (QED) is 0.362. The van der Waals surface area contributed by atoms with Gasteiger partial charge in [-0.2, -0.15) is 0 Å². The Kier molecular flexibility index (Phi) is 7.82. The third kappa shape index (κ3) is 5.75. The molecule has 122 valence electrons. The lowest BCUT2D eigenvalue weighted by molar-refractivity contribution is 0.145. The zero-order valence-electron chi connectivity index (χ0n) is 14.0. The molecule has 0 nitrogen and oxygen atoms in total. The van der Waals surface area contributed by atoms with Gasteiger partial charge in [-0.25, -0.2) is 0 Å². The minimum Gasteiger partial charge on any atom is -0.251 e. The van der Waals surface area contributed by atoms with Crippen molar-refractivity contribution in [1.82, 2.24) is 0 Å². The third-order valence-electron chi connectivity index (χ3n) is 6.17. The van der Waals surface area contributed by atoms with Crippen LogP contribution in [0.5, 0.6) is 0 Å². The molecule has 0 heterocycles. The van der Waals surface area contributed by atoms with Crippen LogP contribution in [0.15, 0.2) is 12.2 Å². The SMILES string of the molecule is CC[C@H]1CC[C@H](C2CCC(C/C=C/CCCF)CC2)CC1. The van der Waals surface area contributed by atoms with Gasteiger partial charge >= 0.3 is 0 Å². The van der Waals surface area contributed by atoms with Gasteiger partial charge in [-0.15, -0.1) is 0 Å². The second-order valence-electron chi connectivity index (χ2n) is 7.51. The average Bonchev–Trinajstić information content (AvgIpc) is 2.55. The summed E-state index contributed by atoms with van der Waals surface area (Å²) in [6.45, 7) is 2.19. The molecule has 0 saturated heterocycles. The highest BCUT2D eigenvalue weighted by molar-refractivity contribution is 4.87. The predicted octanol–water partition coefficient (Wildman–Crippen LogP) is 6.71. The summed E-state index contributed by atoms with van der Waals surface area (Å²) < 4.78 is 12.0. The fraction of sp³-hybridized carbons (Fsp3) is 0.900. The molecule has 2 rings (SSSR count). The molecule has 0 unspecified atom stereocenters. The predicted molar refractivity (Wildman–Crippen MR) is 90.2 cm³/mol. The van der Waals surface area contributed by atoms with E-state index in [1.807, 2.05) is 0 Å². The van der Waals surface area contributed by atoms with E-state index >= 15 is 0 Å². The Morgan fingerprint density at radius 2 is 1.38 bits per heavy atom. The standard InChI is InChI=1S/C20H35F/c1-2-17-8-12-19(13-9-17)20-14-10-18(11-15-20)7-5-3-4-6-16-21/h3,5,17-20H,2,4,6-16H2,1H3/b5-3+/t17-,18?,19-,20?. The molecule has 21 heavy (non-hydrogen) atoms. The van der Waals surface area contributed by atoms with Gasteiger partial charge in [0.1, 0.15) is 0 Å². The zero-order chi connectivity index (χ0) is 14.9. The second kappa shape index (κ2) is 9.64. The largest absolute Gasteiger partial charge is 0.251 e. The van der Waals surface area contributed by atoms with E-state index < -0.39 is 0 Å². The normalized spacial score (nSPS) is 34.4. The van der Waals surface area contributed by atoms with Crippen molar-refractivity contribution in [2.45, 2.75) is 84.0 Å². The van der Waals surface area contributed by atoms with Crippen LogP contribution >= 0.6 is 0 Å². The average molecular weight is 294 g/mol. The highest BCUT2D eigenvalue weighted by atomic mass is 19.1. The van der Waals surface area contributed by atoms with Crippen LogP contribution in [-0.2, 0) is 0 Å². The first-order valence-corrected chi connectivity index (χ1v) is 9.54. The second-order valence-corrected chi connectivity index (χ2v) is 7.51. The third-order valence-corrected chi connectivity index (χ3v) is 6.17. The molecule has 0 N–H and O–H groups in total. The zero-order valence-corrected chi connectivity index (χ0v) is 14.0. The van der Waals surface area contributed by atoms with E-state index in [-0.39, 0.29) is 6.67 Å². The van der Waals surface area contributed by atoms with Crippen molar-refractivity contribution < 1.29 is 4.39 Å². The highest BCUT2D eigenvalue weighted by Gasteiger charge is 2.29. The summed E-state index contributed by atoms with van der Waals surface area (Å²) in [7, 11) is 0. The number of halogens is 1. The van der Waals surface area contributed by atoms with Crippen LogP contribution in [0, 0.1) is 23.7 Å². The summed E-state index contributed by atoms with van der Waals surface area (Å²) in [6.07, 6.45) is 20.6. The van der Waals surface area contributed by atoms with Crippen LogP contribution in [0.25, 0.3) is 0 Å². The maximum Gasteiger partial charge on any atom is 0.0897 e. The van der Waals surface area contributed by atoms with Crippen molar-refractivity contribution in [3.05, 3.63) is 12.2 Å². The Hall–Kier alpha value is -0.330. The minimum atomic E-state index is -0.171. The Bertz CT molecular complexity index is 280. The van der Waals surface area contributed by atoms with Gasteiger partial charge in [0.2, 0.25) is 0 Å². The van der Waals surface area contributed by atoms with Crippen LogP contribution in [-0.4, -0.2) is 6.67 Å². The first kappa shape index (κ1) is 17.0.